The summed E-state index contributed by atoms with van der Waals surface area (Å²) in [4.78, 5) is 29.6. The summed E-state index contributed by atoms with van der Waals surface area (Å²) in [5.41, 5.74) is 1.13. The number of hydrogen-bond acceptors (Lipinski definition) is 5. The lowest BCUT2D eigenvalue weighted by Gasteiger charge is -2.39. The molecule has 4 heterocycles. The fraction of sp³-hybridized carbons (Fsp3) is 0.412. The Bertz CT molecular complexity index is 678. The van der Waals surface area contributed by atoms with Gasteiger partial charge in [-0.25, -0.2) is 9.97 Å². The zero-order valence-electron chi connectivity index (χ0n) is 12.9. The zero-order valence-corrected chi connectivity index (χ0v) is 12.9. The number of piperidine rings is 1. The van der Waals surface area contributed by atoms with E-state index in [1.165, 1.54) is 0 Å². The monoisotopic (exact) mass is 309 g/mol. The van der Waals surface area contributed by atoms with E-state index in [-0.39, 0.29) is 11.9 Å². The SMILES string of the molecule is O=C1CC[C@H]2[C@H](CCN2c2ncccn2)N1Cc1ccncc1. The third kappa shape index (κ3) is 2.65. The molecule has 2 atom stereocenters. The van der Waals surface area contributed by atoms with Gasteiger partial charge in [-0.2, -0.15) is 0 Å². The number of carbonyl (C=O) groups is 1. The summed E-state index contributed by atoms with van der Waals surface area (Å²) in [6, 6.07) is 6.34. The van der Waals surface area contributed by atoms with E-state index in [0.717, 1.165) is 30.9 Å². The molecular weight excluding hydrogens is 290 g/mol. The molecule has 0 aliphatic carbocycles. The molecule has 4 rings (SSSR count). The number of anilines is 1. The minimum absolute atomic E-state index is 0.244. The molecule has 2 aliphatic rings. The minimum Gasteiger partial charge on any atom is -0.336 e. The van der Waals surface area contributed by atoms with E-state index in [9.17, 15) is 4.79 Å². The first-order valence-electron chi connectivity index (χ1n) is 8.05. The highest BCUT2D eigenvalue weighted by Gasteiger charge is 2.43. The first-order chi connectivity index (χ1) is 11.3. The molecule has 118 valence electrons. The van der Waals surface area contributed by atoms with Crippen LogP contribution in [0.1, 0.15) is 24.8 Å². The Morgan fingerprint density at radius 2 is 1.83 bits per heavy atom. The van der Waals surface area contributed by atoms with Crippen LogP contribution in [0.5, 0.6) is 0 Å². The normalized spacial score (nSPS) is 23.9. The Kier molecular flexibility index (Phi) is 3.65. The molecule has 2 fully saturated rings. The maximum Gasteiger partial charge on any atom is 0.225 e. The Balaban J connectivity index is 1.56. The molecule has 1 amide bonds. The van der Waals surface area contributed by atoms with Gasteiger partial charge in [-0.05, 0) is 36.6 Å². The van der Waals surface area contributed by atoms with E-state index in [0.29, 0.717) is 19.0 Å². The highest BCUT2D eigenvalue weighted by molar-refractivity contribution is 5.78. The molecule has 0 saturated carbocycles. The lowest BCUT2D eigenvalue weighted by molar-refractivity contribution is -0.137. The van der Waals surface area contributed by atoms with Crippen LogP contribution < -0.4 is 4.90 Å². The number of hydrogen-bond donors (Lipinski definition) is 0. The number of rotatable bonds is 3. The third-order valence-electron chi connectivity index (χ3n) is 4.80. The van der Waals surface area contributed by atoms with Crippen LogP contribution in [0.25, 0.3) is 0 Å². The van der Waals surface area contributed by atoms with Crippen molar-refractivity contribution in [3.05, 3.63) is 48.5 Å². The van der Waals surface area contributed by atoms with Gasteiger partial charge in [0.05, 0.1) is 12.1 Å². The van der Waals surface area contributed by atoms with Crippen molar-refractivity contribution in [1.29, 1.82) is 0 Å². The molecule has 6 nitrogen and oxygen atoms in total. The van der Waals surface area contributed by atoms with Crippen LogP contribution in [0, 0.1) is 0 Å². The molecule has 0 radical (unpaired) electrons. The summed E-state index contributed by atoms with van der Waals surface area (Å²) in [6.07, 6.45) is 9.56. The number of amides is 1. The smallest absolute Gasteiger partial charge is 0.225 e. The van der Waals surface area contributed by atoms with Crippen molar-refractivity contribution in [2.24, 2.45) is 0 Å². The van der Waals surface area contributed by atoms with E-state index in [2.05, 4.69) is 19.9 Å². The van der Waals surface area contributed by atoms with Gasteiger partial charge in [-0.1, -0.05) is 0 Å². The summed E-state index contributed by atoms with van der Waals surface area (Å²) >= 11 is 0. The fourth-order valence-electron chi connectivity index (χ4n) is 3.73. The minimum atomic E-state index is 0.244. The largest absolute Gasteiger partial charge is 0.336 e. The number of fused-ring (bicyclic) bond motifs is 1. The number of likely N-dealkylation sites (tertiary alicyclic amines) is 1. The van der Waals surface area contributed by atoms with E-state index in [4.69, 9.17) is 0 Å². The average molecular weight is 309 g/mol. The maximum atomic E-state index is 12.4. The molecule has 6 heteroatoms. The highest BCUT2D eigenvalue weighted by atomic mass is 16.2. The van der Waals surface area contributed by atoms with Crippen LogP contribution >= 0.6 is 0 Å². The van der Waals surface area contributed by atoms with Crippen molar-refractivity contribution in [3.8, 4) is 0 Å². The van der Waals surface area contributed by atoms with Gasteiger partial charge in [0.15, 0.2) is 0 Å². The van der Waals surface area contributed by atoms with Gasteiger partial charge in [0.25, 0.3) is 0 Å². The van der Waals surface area contributed by atoms with Crippen molar-refractivity contribution >= 4 is 11.9 Å². The zero-order chi connectivity index (χ0) is 15.6. The van der Waals surface area contributed by atoms with Crippen LogP contribution in [0.2, 0.25) is 0 Å². The van der Waals surface area contributed by atoms with Crippen LogP contribution in [0.4, 0.5) is 5.95 Å². The number of aromatic nitrogens is 3. The first kappa shape index (κ1) is 14.1. The van der Waals surface area contributed by atoms with Gasteiger partial charge in [0, 0.05) is 44.3 Å². The van der Waals surface area contributed by atoms with Crippen molar-refractivity contribution in [2.75, 3.05) is 11.4 Å². The Labute approximate surface area is 135 Å². The molecule has 23 heavy (non-hydrogen) atoms. The second-order valence-electron chi connectivity index (χ2n) is 6.08. The standard InChI is InChI=1S/C17H19N5O/c23-16-3-2-14-15(22(16)12-13-4-9-18-10-5-13)6-11-21(14)17-19-7-1-8-20-17/h1,4-5,7-10,14-15H,2-3,6,11-12H2/t14-,15-/m0/s1. The predicted molar refractivity (Wildman–Crippen MR) is 85.6 cm³/mol. The van der Waals surface area contributed by atoms with Crippen molar-refractivity contribution in [1.82, 2.24) is 19.9 Å². The molecule has 2 aromatic heterocycles. The molecule has 0 N–H and O–H groups in total. The van der Waals surface area contributed by atoms with Crippen molar-refractivity contribution in [2.45, 2.75) is 37.9 Å². The Hall–Kier alpha value is -2.50. The quantitative estimate of drug-likeness (QED) is 0.862. The van der Waals surface area contributed by atoms with E-state index in [1.54, 1.807) is 24.8 Å². The second-order valence-corrected chi connectivity index (χ2v) is 6.08. The molecule has 0 aromatic carbocycles. The van der Waals surface area contributed by atoms with Gasteiger partial charge in [-0.15, -0.1) is 0 Å². The second kappa shape index (κ2) is 5.95. The maximum absolute atomic E-state index is 12.4. The molecular formula is C17H19N5O. The van der Waals surface area contributed by atoms with Crippen LogP contribution in [0.15, 0.2) is 43.0 Å². The van der Waals surface area contributed by atoms with Gasteiger partial charge in [0.1, 0.15) is 0 Å². The molecule has 0 bridgehead atoms. The van der Waals surface area contributed by atoms with Gasteiger partial charge >= 0.3 is 0 Å². The van der Waals surface area contributed by atoms with E-state index in [1.807, 2.05) is 23.1 Å². The highest BCUT2D eigenvalue weighted by Crippen LogP contribution is 2.34. The first-order valence-corrected chi connectivity index (χ1v) is 8.05. The van der Waals surface area contributed by atoms with E-state index < -0.39 is 0 Å². The molecule has 0 spiro atoms. The molecule has 2 saturated heterocycles. The van der Waals surface area contributed by atoms with Gasteiger partial charge in [-0.3, -0.25) is 9.78 Å². The van der Waals surface area contributed by atoms with Crippen LogP contribution in [-0.4, -0.2) is 44.4 Å². The Morgan fingerprint density at radius 1 is 1.04 bits per heavy atom. The van der Waals surface area contributed by atoms with Gasteiger partial charge < -0.3 is 9.80 Å². The summed E-state index contributed by atoms with van der Waals surface area (Å²) < 4.78 is 0. The lowest BCUT2D eigenvalue weighted by Crippen LogP contribution is -2.52. The molecule has 2 aliphatic heterocycles. The summed E-state index contributed by atoms with van der Waals surface area (Å²) in [5, 5.41) is 0. The Morgan fingerprint density at radius 3 is 2.61 bits per heavy atom. The molecule has 2 aromatic rings. The van der Waals surface area contributed by atoms with Crippen LogP contribution in [0.3, 0.4) is 0 Å². The lowest BCUT2D eigenvalue weighted by atomic mass is 9.95. The van der Waals surface area contributed by atoms with Crippen molar-refractivity contribution in [3.63, 3.8) is 0 Å². The summed E-state index contributed by atoms with van der Waals surface area (Å²) in [5.74, 6) is 1.03. The number of carbonyl (C=O) groups excluding carboxylic acids is 1. The topological polar surface area (TPSA) is 62.2 Å². The van der Waals surface area contributed by atoms with E-state index >= 15 is 0 Å². The predicted octanol–water partition coefficient (Wildman–Crippen LogP) is 1.64. The fourth-order valence-corrected chi connectivity index (χ4v) is 3.73. The van der Waals surface area contributed by atoms with Gasteiger partial charge in [0.2, 0.25) is 11.9 Å². The summed E-state index contributed by atoms with van der Waals surface area (Å²) in [7, 11) is 0. The third-order valence-corrected chi connectivity index (χ3v) is 4.80. The average Bonchev–Trinajstić information content (AvgIpc) is 3.03. The molecule has 0 unspecified atom stereocenters. The van der Waals surface area contributed by atoms with Crippen molar-refractivity contribution < 1.29 is 4.79 Å². The van der Waals surface area contributed by atoms with Crippen LogP contribution in [-0.2, 0) is 11.3 Å². The number of pyridine rings is 1. The summed E-state index contributed by atoms with van der Waals surface area (Å²) in [6.45, 7) is 1.56. The number of nitrogens with zero attached hydrogens (tertiary/aromatic N) is 5.